The Hall–Kier alpha value is -1.35. The van der Waals surface area contributed by atoms with E-state index in [2.05, 4.69) is 17.4 Å². The fraction of sp³-hybridized carbons (Fsp3) is 0.417. The van der Waals surface area contributed by atoms with Gasteiger partial charge in [-0.1, -0.05) is 30.3 Å². The van der Waals surface area contributed by atoms with Crippen molar-refractivity contribution in [3.63, 3.8) is 0 Å². The van der Waals surface area contributed by atoms with E-state index < -0.39 is 5.97 Å². The van der Waals surface area contributed by atoms with Crippen LogP contribution < -0.4 is 5.32 Å². The van der Waals surface area contributed by atoms with Gasteiger partial charge in [-0.15, -0.1) is 0 Å². The minimum Gasteiger partial charge on any atom is -0.481 e. The molecule has 2 N–H and O–H groups in total. The van der Waals surface area contributed by atoms with Crippen molar-refractivity contribution in [2.45, 2.75) is 24.8 Å². The van der Waals surface area contributed by atoms with Gasteiger partial charge in [-0.05, 0) is 17.9 Å². The summed E-state index contributed by atoms with van der Waals surface area (Å²) in [6.45, 7) is 0.891. The summed E-state index contributed by atoms with van der Waals surface area (Å²) in [4.78, 5) is 10.6. The van der Waals surface area contributed by atoms with Gasteiger partial charge in [-0.2, -0.15) is 0 Å². The highest BCUT2D eigenvalue weighted by Gasteiger charge is 2.26. The Morgan fingerprint density at radius 1 is 1.40 bits per heavy atom. The van der Waals surface area contributed by atoms with E-state index in [1.165, 1.54) is 5.56 Å². The Bertz CT molecular complexity index is 337. The van der Waals surface area contributed by atoms with Gasteiger partial charge in [0.2, 0.25) is 0 Å². The zero-order valence-electron chi connectivity index (χ0n) is 8.52. The molecule has 3 heteroatoms. The van der Waals surface area contributed by atoms with E-state index in [4.69, 9.17) is 5.11 Å². The van der Waals surface area contributed by atoms with Crippen molar-refractivity contribution in [3.05, 3.63) is 35.9 Å². The van der Waals surface area contributed by atoms with E-state index in [0.29, 0.717) is 5.92 Å². The maximum atomic E-state index is 10.6. The maximum absolute atomic E-state index is 10.6. The topological polar surface area (TPSA) is 49.3 Å². The third kappa shape index (κ3) is 2.57. The fourth-order valence-corrected chi connectivity index (χ4v) is 2.16. The van der Waals surface area contributed by atoms with E-state index in [9.17, 15) is 4.79 Å². The molecule has 1 saturated heterocycles. The first kappa shape index (κ1) is 10.2. The monoisotopic (exact) mass is 205 g/mol. The van der Waals surface area contributed by atoms with Crippen LogP contribution in [0.3, 0.4) is 0 Å². The SMILES string of the molecule is O=C(O)C[C@H]1C[C@H](c2ccccc2)CN1. The molecule has 0 bridgehead atoms. The number of benzene rings is 1. The highest BCUT2D eigenvalue weighted by atomic mass is 16.4. The molecule has 15 heavy (non-hydrogen) atoms. The summed E-state index contributed by atoms with van der Waals surface area (Å²) in [6.07, 6.45) is 1.15. The number of aliphatic carboxylic acids is 1. The first-order valence-corrected chi connectivity index (χ1v) is 5.26. The predicted molar refractivity (Wildman–Crippen MR) is 57.8 cm³/mol. The average Bonchev–Trinajstić information content (AvgIpc) is 2.67. The second-order valence-electron chi connectivity index (χ2n) is 4.05. The van der Waals surface area contributed by atoms with E-state index >= 15 is 0 Å². The molecule has 1 fully saturated rings. The molecule has 80 valence electrons. The van der Waals surface area contributed by atoms with Gasteiger partial charge in [-0.25, -0.2) is 0 Å². The van der Waals surface area contributed by atoms with Crippen molar-refractivity contribution in [2.24, 2.45) is 0 Å². The molecule has 0 aliphatic carbocycles. The molecule has 0 aromatic heterocycles. The number of hydrogen-bond acceptors (Lipinski definition) is 2. The lowest BCUT2D eigenvalue weighted by molar-refractivity contribution is -0.137. The van der Waals surface area contributed by atoms with Crippen LogP contribution in [-0.4, -0.2) is 23.7 Å². The number of rotatable bonds is 3. The molecule has 3 nitrogen and oxygen atoms in total. The molecule has 1 aliphatic heterocycles. The van der Waals surface area contributed by atoms with Crippen LogP contribution in [0.15, 0.2) is 30.3 Å². The van der Waals surface area contributed by atoms with Crippen LogP contribution in [0.4, 0.5) is 0 Å². The Morgan fingerprint density at radius 2 is 2.13 bits per heavy atom. The Morgan fingerprint density at radius 3 is 2.80 bits per heavy atom. The molecule has 0 amide bonds. The molecule has 0 radical (unpaired) electrons. The van der Waals surface area contributed by atoms with Gasteiger partial charge >= 0.3 is 5.97 Å². The zero-order chi connectivity index (χ0) is 10.7. The predicted octanol–water partition coefficient (Wildman–Crippen LogP) is 1.61. The molecular formula is C12H15NO2. The molecule has 0 unspecified atom stereocenters. The number of carbonyl (C=O) groups is 1. The van der Waals surface area contributed by atoms with Crippen molar-refractivity contribution < 1.29 is 9.90 Å². The first-order valence-electron chi connectivity index (χ1n) is 5.26. The Kier molecular flexibility index (Phi) is 3.02. The van der Waals surface area contributed by atoms with E-state index in [-0.39, 0.29) is 12.5 Å². The lowest BCUT2D eigenvalue weighted by Gasteiger charge is -2.08. The van der Waals surface area contributed by atoms with Crippen LogP contribution in [0.1, 0.15) is 24.3 Å². The van der Waals surface area contributed by atoms with Crippen LogP contribution >= 0.6 is 0 Å². The molecule has 1 aliphatic rings. The molecule has 0 spiro atoms. The third-order valence-corrected chi connectivity index (χ3v) is 2.91. The summed E-state index contributed by atoms with van der Waals surface area (Å²) in [5.41, 5.74) is 1.30. The number of hydrogen-bond donors (Lipinski definition) is 2. The molecule has 1 aromatic carbocycles. The van der Waals surface area contributed by atoms with Gasteiger partial charge in [0, 0.05) is 12.6 Å². The second-order valence-corrected chi connectivity index (χ2v) is 4.05. The van der Waals surface area contributed by atoms with Crippen LogP contribution in [0.2, 0.25) is 0 Å². The van der Waals surface area contributed by atoms with Gasteiger partial charge in [0.1, 0.15) is 0 Å². The van der Waals surface area contributed by atoms with Crippen LogP contribution in [0, 0.1) is 0 Å². The molecule has 0 saturated carbocycles. The summed E-state index contributed by atoms with van der Waals surface area (Å²) < 4.78 is 0. The molecule has 1 aromatic rings. The Balaban J connectivity index is 1.96. The van der Waals surface area contributed by atoms with Gasteiger partial charge < -0.3 is 10.4 Å². The molecule has 2 rings (SSSR count). The second kappa shape index (κ2) is 4.45. The van der Waals surface area contributed by atoms with Crippen molar-refractivity contribution in [1.82, 2.24) is 5.32 Å². The third-order valence-electron chi connectivity index (χ3n) is 2.91. The minimum absolute atomic E-state index is 0.132. The molecular weight excluding hydrogens is 190 g/mol. The largest absolute Gasteiger partial charge is 0.481 e. The van der Waals surface area contributed by atoms with Gasteiger partial charge in [0.25, 0.3) is 0 Å². The van der Waals surface area contributed by atoms with Gasteiger partial charge in [-0.3, -0.25) is 4.79 Å². The standard InChI is InChI=1S/C12H15NO2/c14-12(15)7-11-6-10(8-13-11)9-4-2-1-3-5-9/h1-5,10-11,13H,6-8H2,(H,14,15)/t10-,11+/m0/s1. The summed E-state index contributed by atoms with van der Waals surface area (Å²) in [5.74, 6) is -0.253. The van der Waals surface area contributed by atoms with Gasteiger partial charge in [0.05, 0.1) is 6.42 Å². The highest BCUT2D eigenvalue weighted by Crippen LogP contribution is 2.26. The summed E-state index contributed by atoms with van der Waals surface area (Å²) in [6, 6.07) is 10.4. The van der Waals surface area contributed by atoms with E-state index in [0.717, 1.165) is 13.0 Å². The summed E-state index contributed by atoms with van der Waals surface area (Å²) in [5, 5.41) is 11.9. The van der Waals surface area contributed by atoms with E-state index in [1.807, 2.05) is 18.2 Å². The quantitative estimate of drug-likeness (QED) is 0.788. The van der Waals surface area contributed by atoms with Crippen LogP contribution in [0.5, 0.6) is 0 Å². The zero-order valence-corrected chi connectivity index (χ0v) is 8.52. The van der Waals surface area contributed by atoms with Crippen molar-refractivity contribution in [1.29, 1.82) is 0 Å². The van der Waals surface area contributed by atoms with Crippen molar-refractivity contribution >= 4 is 5.97 Å². The molecule has 1 heterocycles. The fourth-order valence-electron chi connectivity index (χ4n) is 2.16. The first-order chi connectivity index (χ1) is 7.25. The minimum atomic E-state index is -0.721. The van der Waals surface area contributed by atoms with Crippen molar-refractivity contribution in [3.8, 4) is 0 Å². The summed E-state index contributed by atoms with van der Waals surface area (Å²) in [7, 11) is 0. The highest BCUT2D eigenvalue weighted by molar-refractivity contribution is 5.67. The maximum Gasteiger partial charge on any atom is 0.304 e. The smallest absolute Gasteiger partial charge is 0.304 e. The number of nitrogens with one attached hydrogen (secondary N) is 1. The average molecular weight is 205 g/mol. The van der Waals surface area contributed by atoms with Crippen LogP contribution in [-0.2, 0) is 4.79 Å². The number of carboxylic acids is 1. The van der Waals surface area contributed by atoms with E-state index in [1.54, 1.807) is 0 Å². The summed E-state index contributed by atoms with van der Waals surface area (Å²) >= 11 is 0. The Labute approximate surface area is 89.1 Å². The normalized spacial score (nSPS) is 25.3. The molecule has 2 atom stereocenters. The van der Waals surface area contributed by atoms with Crippen LogP contribution in [0.25, 0.3) is 0 Å². The lowest BCUT2D eigenvalue weighted by Crippen LogP contribution is -2.24. The lowest BCUT2D eigenvalue weighted by atomic mass is 9.96. The van der Waals surface area contributed by atoms with Crippen molar-refractivity contribution in [2.75, 3.05) is 6.54 Å². The van der Waals surface area contributed by atoms with Gasteiger partial charge in [0.15, 0.2) is 0 Å². The number of carboxylic acid groups (broad SMARTS) is 1.